The van der Waals surface area contributed by atoms with Gasteiger partial charge in [0.15, 0.2) is 0 Å². The Morgan fingerprint density at radius 2 is 0.616 bits per heavy atom. The van der Waals surface area contributed by atoms with Crippen LogP contribution in [0, 0.1) is 0 Å². The topological polar surface area (TPSA) is 152 Å². The van der Waals surface area contributed by atoms with Crippen LogP contribution in [-0.4, -0.2) is 159 Å². The van der Waals surface area contributed by atoms with Crippen LogP contribution in [0.1, 0.15) is 284 Å². The molecule has 562 valence electrons. The molecule has 0 N–H and O–H groups in total. The van der Waals surface area contributed by atoms with Gasteiger partial charge in [-0.05, 0) is 173 Å². The van der Waals surface area contributed by atoms with E-state index in [1.807, 2.05) is 111 Å². The van der Waals surface area contributed by atoms with Gasteiger partial charge in [0.2, 0.25) is 0 Å². The molecule has 2 amide bonds. The molecular weight excluding hydrogens is 1280 g/mol. The standard InChI is InChI=1S/C42H70N2O5S.C41H68N2O5S/c1-5-7-9-11-13-18-24-35-48-40(45)27-20-16-15-17-22-32-44(42(47)50-37-34-43(3)4)33-23-21-26-38-28-30-39(31-29-38)41(46)49-36-25-19-14-12-10-8-6-2;1-5-7-9-11-13-18-22-34-47-39(44)26-20-16-15-17-21-31-43(41(46)49-36-33-42(3)4)32-24-25-37-27-29-38(30-28-37)40(45)48-35-23-19-14-12-10-8-6-2/h18-19,24-25,28-31H,5-17,20-23,26-27,32-37H2,1-4H3;18-19,22-23,27-30H,5-17,20-21,24-26,31-36H2,1-4H3/b24-18-,25-19-;22-18-,23-19-. The second kappa shape index (κ2) is 67.3. The number of rotatable bonds is 61. The molecular formula is C83H138N4O10S2. The van der Waals surface area contributed by atoms with Crippen molar-refractivity contribution in [2.75, 3.05) is 105 Å². The maximum atomic E-state index is 13.1. The third-order valence-electron chi connectivity index (χ3n) is 16.9. The van der Waals surface area contributed by atoms with Crippen LogP contribution in [0.25, 0.3) is 0 Å². The fourth-order valence-electron chi connectivity index (χ4n) is 10.7. The molecule has 0 bridgehead atoms. The van der Waals surface area contributed by atoms with Crippen molar-refractivity contribution in [1.82, 2.24) is 19.6 Å². The average Bonchev–Trinajstić information content (AvgIpc) is 1.07. The lowest BCUT2D eigenvalue weighted by molar-refractivity contribution is -0.143. The van der Waals surface area contributed by atoms with E-state index in [0.29, 0.717) is 56.9 Å². The Balaban J connectivity index is 0.000000990. The Bertz CT molecular complexity index is 2430. The van der Waals surface area contributed by atoms with Crippen LogP contribution in [0.4, 0.5) is 9.59 Å². The summed E-state index contributed by atoms with van der Waals surface area (Å²) in [7, 11) is 8.10. The van der Waals surface area contributed by atoms with E-state index >= 15 is 0 Å². The highest BCUT2D eigenvalue weighted by Crippen LogP contribution is 2.19. The number of unbranched alkanes of at least 4 members (excludes halogenated alkanes) is 25. The molecule has 0 aromatic heterocycles. The molecule has 0 atom stereocenters. The Kier molecular flexibility index (Phi) is 62.5. The van der Waals surface area contributed by atoms with Crippen LogP contribution in [-0.2, 0) is 41.4 Å². The number of esters is 4. The van der Waals surface area contributed by atoms with Gasteiger partial charge in [-0.1, -0.05) is 240 Å². The monoisotopic (exact) mass is 1410 g/mol. The van der Waals surface area contributed by atoms with Gasteiger partial charge in [-0.3, -0.25) is 19.2 Å². The van der Waals surface area contributed by atoms with E-state index in [1.165, 1.54) is 132 Å². The fraction of sp³-hybridized carbons (Fsp3) is 0.687. The molecule has 2 rings (SSSR count). The van der Waals surface area contributed by atoms with E-state index in [1.54, 1.807) is 0 Å². The molecule has 16 heteroatoms. The van der Waals surface area contributed by atoms with Crippen LogP contribution in [0.5, 0.6) is 0 Å². The average molecular weight is 1420 g/mol. The number of amides is 2. The number of benzene rings is 2. The van der Waals surface area contributed by atoms with Gasteiger partial charge >= 0.3 is 23.9 Å². The van der Waals surface area contributed by atoms with Gasteiger partial charge in [-0.25, -0.2) is 9.59 Å². The number of carbonyl (C=O) groups is 6. The SMILES string of the molecule is CCCCCC/C=C\COC(=O)CCCCCCCN(CCCCc1ccc(C(=O)OC/C=C\CCCCCC)cc1)C(=O)SCCN(C)C.CCCCCC/C=C\COC(=O)CCCCCCCN(CCCc1ccc(C(=O)OC/C=C\CCCCCC)cc1)C(=O)SCCN(C)C. The molecule has 0 aliphatic heterocycles. The van der Waals surface area contributed by atoms with E-state index < -0.39 is 0 Å². The first kappa shape index (κ1) is 91.9. The summed E-state index contributed by atoms with van der Waals surface area (Å²) in [4.78, 5) is 83.2. The lowest BCUT2D eigenvalue weighted by Crippen LogP contribution is -2.31. The van der Waals surface area contributed by atoms with Crippen molar-refractivity contribution in [3.63, 3.8) is 0 Å². The van der Waals surface area contributed by atoms with Gasteiger partial charge < -0.3 is 38.5 Å². The molecule has 99 heavy (non-hydrogen) atoms. The van der Waals surface area contributed by atoms with Crippen molar-refractivity contribution in [3.05, 3.63) is 119 Å². The Morgan fingerprint density at radius 3 is 0.960 bits per heavy atom. The maximum absolute atomic E-state index is 13.1. The third kappa shape index (κ3) is 57.1. The normalized spacial score (nSPS) is 11.5. The molecule has 0 saturated carbocycles. The summed E-state index contributed by atoms with van der Waals surface area (Å²) in [5.74, 6) is 0.745. The zero-order valence-corrected chi connectivity index (χ0v) is 65.2. The molecule has 0 fully saturated rings. The molecule has 0 radical (unpaired) electrons. The Morgan fingerprint density at radius 1 is 0.323 bits per heavy atom. The summed E-state index contributed by atoms with van der Waals surface area (Å²) < 4.78 is 21.4. The van der Waals surface area contributed by atoms with Crippen LogP contribution in [0.2, 0.25) is 0 Å². The summed E-state index contributed by atoms with van der Waals surface area (Å²) in [6.45, 7) is 14.9. The molecule has 0 aliphatic carbocycles. The number of thioether (sulfide) groups is 2. The fourth-order valence-corrected chi connectivity index (χ4v) is 12.7. The van der Waals surface area contributed by atoms with E-state index in [4.69, 9.17) is 18.9 Å². The summed E-state index contributed by atoms with van der Waals surface area (Å²) in [6.07, 6.45) is 55.5. The van der Waals surface area contributed by atoms with Crippen molar-refractivity contribution in [2.45, 2.75) is 265 Å². The van der Waals surface area contributed by atoms with Gasteiger partial charge in [0.1, 0.15) is 26.4 Å². The quantitative estimate of drug-likeness (QED) is 0.0267. The second-order valence-corrected chi connectivity index (χ2v) is 28.7. The maximum Gasteiger partial charge on any atom is 0.338 e. The lowest BCUT2D eigenvalue weighted by Gasteiger charge is -2.23. The number of aryl methyl sites for hydroxylation is 2. The minimum Gasteiger partial charge on any atom is -0.461 e. The first-order valence-electron chi connectivity index (χ1n) is 38.8. The first-order valence-corrected chi connectivity index (χ1v) is 40.8. The third-order valence-corrected chi connectivity index (χ3v) is 18.7. The predicted octanol–water partition coefficient (Wildman–Crippen LogP) is 21.2. The summed E-state index contributed by atoms with van der Waals surface area (Å²) in [5, 5.41) is 0.312. The van der Waals surface area contributed by atoms with Crippen molar-refractivity contribution in [1.29, 1.82) is 0 Å². The predicted molar refractivity (Wildman–Crippen MR) is 420 cm³/mol. The van der Waals surface area contributed by atoms with Crippen molar-refractivity contribution >= 4 is 57.9 Å². The van der Waals surface area contributed by atoms with Gasteiger partial charge in [0, 0.05) is 63.6 Å². The largest absolute Gasteiger partial charge is 0.461 e. The highest BCUT2D eigenvalue weighted by atomic mass is 32.2. The molecule has 14 nitrogen and oxygen atoms in total. The van der Waals surface area contributed by atoms with Crippen LogP contribution < -0.4 is 0 Å². The number of carbonyl (C=O) groups excluding carboxylic acids is 6. The van der Waals surface area contributed by atoms with Crippen LogP contribution in [0.15, 0.2) is 97.1 Å². The molecule has 2 aromatic carbocycles. The lowest BCUT2D eigenvalue weighted by atomic mass is 10.1. The molecule has 0 spiro atoms. The summed E-state index contributed by atoms with van der Waals surface area (Å²) in [6, 6.07) is 15.3. The van der Waals surface area contributed by atoms with Crippen molar-refractivity contribution in [3.8, 4) is 0 Å². The number of ether oxygens (including phenoxy) is 4. The van der Waals surface area contributed by atoms with Gasteiger partial charge in [0.05, 0.1) is 11.1 Å². The zero-order valence-electron chi connectivity index (χ0n) is 63.6. The van der Waals surface area contributed by atoms with Crippen LogP contribution in [0.3, 0.4) is 0 Å². The highest BCUT2D eigenvalue weighted by molar-refractivity contribution is 8.13. The van der Waals surface area contributed by atoms with E-state index in [0.717, 1.165) is 172 Å². The van der Waals surface area contributed by atoms with Crippen molar-refractivity contribution < 1.29 is 47.7 Å². The Hall–Kier alpha value is -5.16. The highest BCUT2D eigenvalue weighted by Gasteiger charge is 2.17. The molecule has 0 saturated heterocycles. The summed E-state index contributed by atoms with van der Waals surface area (Å²) >= 11 is 2.81. The second-order valence-electron chi connectivity index (χ2n) is 26.6. The smallest absolute Gasteiger partial charge is 0.338 e. The van der Waals surface area contributed by atoms with E-state index in [9.17, 15) is 28.8 Å². The number of hydrogen-bond donors (Lipinski definition) is 0. The zero-order chi connectivity index (χ0) is 72.3. The molecule has 0 heterocycles. The van der Waals surface area contributed by atoms with Crippen LogP contribution >= 0.6 is 23.5 Å². The minimum atomic E-state index is -0.301. The number of allylic oxidation sites excluding steroid dienone is 4. The Labute approximate surface area is 611 Å². The van der Waals surface area contributed by atoms with Crippen molar-refractivity contribution in [2.24, 2.45) is 0 Å². The van der Waals surface area contributed by atoms with E-state index in [-0.39, 0.29) is 34.4 Å². The molecule has 2 aromatic rings. The molecule has 0 aliphatic rings. The number of nitrogens with zero attached hydrogens (tertiary/aromatic N) is 4. The van der Waals surface area contributed by atoms with E-state index in [2.05, 4.69) is 61.8 Å². The molecule has 0 unspecified atom stereocenters. The van der Waals surface area contributed by atoms with Gasteiger partial charge in [-0.2, -0.15) is 0 Å². The minimum absolute atomic E-state index is 0.114. The van der Waals surface area contributed by atoms with Gasteiger partial charge in [-0.15, -0.1) is 0 Å². The van der Waals surface area contributed by atoms with Gasteiger partial charge in [0.25, 0.3) is 10.5 Å². The number of hydrogen-bond acceptors (Lipinski definition) is 14. The summed E-state index contributed by atoms with van der Waals surface area (Å²) in [5.41, 5.74) is 3.47. The first-order chi connectivity index (χ1) is 48.2.